The number of aromatic nitrogens is 4. The van der Waals surface area contributed by atoms with Gasteiger partial charge in [-0.25, -0.2) is 32.7 Å². The van der Waals surface area contributed by atoms with Crippen LogP contribution < -0.4 is 10.6 Å². The molecule has 4 heterocycles. The summed E-state index contributed by atoms with van der Waals surface area (Å²) in [6, 6.07) is 8.84. The molecule has 2 fully saturated rings. The number of likely N-dealkylation sites (tertiary alicyclic amines) is 1. The van der Waals surface area contributed by atoms with Crippen LogP contribution in [0, 0.1) is 5.41 Å². The van der Waals surface area contributed by atoms with E-state index in [4.69, 9.17) is 0 Å². The summed E-state index contributed by atoms with van der Waals surface area (Å²) in [5.74, 6) is 1.71. The average molecular weight is 484 g/mol. The van der Waals surface area contributed by atoms with E-state index in [2.05, 4.69) is 42.4 Å². The summed E-state index contributed by atoms with van der Waals surface area (Å²) in [5, 5.41) is 6.08. The van der Waals surface area contributed by atoms with Crippen LogP contribution in [0.2, 0.25) is 0 Å². The molecule has 2 aliphatic rings. The second-order valence-corrected chi connectivity index (χ2v) is 11.2. The molecule has 3 aromatic heterocycles. The van der Waals surface area contributed by atoms with E-state index in [1.54, 1.807) is 12.1 Å². The van der Waals surface area contributed by atoms with Gasteiger partial charge in [0.1, 0.15) is 40.7 Å². The van der Waals surface area contributed by atoms with Crippen LogP contribution in [-0.2, 0) is 9.84 Å². The quantitative estimate of drug-likeness (QED) is 0.520. The standard InChI is InChI=1S/C23H26FN7O2S/c1-15(31-12-23(13-31)9-17(24)10-23)16-5-6-19(26-11-16)29-20-8-21(28-14-27-20)30-22-18(34(2,32)33)4-3-7-25-22/h3-8,11,14-15,17H,9-10,12-13H2,1-2H3,(H2,25,26,27,28,29,30). The largest absolute Gasteiger partial charge is 0.325 e. The van der Waals surface area contributed by atoms with Crippen LogP contribution in [0.3, 0.4) is 0 Å². The highest BCUT2D eigenvalue weighted by Gasteiger charge is 2.53. The lowest BCUT2D eigenvalue weighted by Crippen LogP contribution is -2.63. The topological polar surface area (TPSA) is 113 Å². The molecule has 0 radical (unpaired) electrons. The van der Waals surface area contributed by atoms with Gasteiger partial charge < -0.3 is 10.6 Å². The maximum Gasteiger partial charge on any atom is 0.179 e. The van der Waals surface area contributed by atoms with Crippen LogP contribution >= 0.6 is 0 Å². The molecule has 1 aliphatic heterocycles. The highest BCUT2D eigenvalue weighted by Crippen LogP contribution is 2.51. The highest BCUT2D eigenvalue weighted by molar-refractivity contribution is 7.90. The maximum absolute atomic E-state index is 13.2. The van der Waals surface area contributed by atoms with E-state index < -0.39 is 16.0 Å². The second-order valence-electron chi connectivity index (χ2n) is 9.22. The molecule has 0 bridgehead atoms. The molecule has 3 aromatic rings. The Morgan fingerprint density at radius 3 is 2.44 bits per heavy atom. The number of hydrogen-bond donors (Lipinski definition) is 2. The average Bonchev–Trinajstić information content (AvgIpc) is 2.75. The van der Waals surface area contributed by atoms with E-state index in [9.17, 15) is 12.8 Å². The number of anilines is 4. The van der Waals surface area contributed by atoms with Crippen LogP contribution in [0.15, 0.2) is 53.9 Å². The van der Waals surface area contributed by atoms with Gasteiger partial charge >= 0.3 is 0 Å². The Kier molecular flexibility index (Phi) is 5.68. The first-order chi connectivity index (χ1) is 16.2. The number of halogens is 1. The van der Waals surface area contributed by atoms with Crippen molar-refractivity contribution < 1.29 is 12.8 Å². The Balaban J connectivity index is 1.23. The minimum atomic E-state index is -3.45. The predicted molar refractivity (Wildman–Crippen MR) is 127 cm³/mol. The minimum absolute atomic E-state index is 0.0874. The van der Waals surface area contributed by atoms with E-state index in [-0.39, 0.29) is 22.2 Å². The fourth-order valence-corrected chi connectivity index (χ4v) is 5.48. The number of rotatable bonds is 7. The van der Waals surface area contributed by atoms with Crippen LogP contribution in [0.25, 0.3) is 0 Å². The highest BCUT2D eigenvalue weighted by atomic mass is 32.2. The first-order valence-corrected chi connectivity index (χ1v) is 13.0. The van der Waals surface area contributed by atoms with E-state index in [0.717, 1.165) is 24.9 Å². The molecule has 0 aromatic carbocycles. The molecule has 11 heteroatoms. The van der Waals surface area contributed by atoms with Crippen LogP contribution in [0.1, 0.15) is 31.4 Å². The zero-order chi connectivity index (χ0) is 23.9. The third-order valence-corrected chi connectivity index (χ3v) is 7.67. The molecule has 178 valence electrons. The monoisotopic (exact) mass is 483 g/mol. The molecule has 1 spiro atoms. The van der Waals surface area contributed by atoms with Crippen molar-refractivity contribution in [1.82, 2.24) is 24.8 Å². The summed E-state index contributed by atoms with van der Waals surface area (Å²) < 4.78 is 37.2. The van der Waals surface area contributed by atoms with Gasteiger partial charge in [-0.2, -0.15) is 0 Å². The van der Waals surface area contributed by atoms with Gasteiger partial charge in [0.25, 0.3) is 0 Å². The fourth-order valence-electron chi connectivity index (χ4n) is 4.69. The van der Waals surface area contributed by atoms with Crippen molar-refractivity contribution in [2.75, 3.05) is 30.0 Å². The Morgan fingerprint density at radius 1 is 1.06 bits per heavy atom. The van der Waals surface area contributed by atoms with E-state index in [0.29, 0.717) is 30.3 Å². The minimum Gasteiger partial charge on any atom is -0.325 e. The predicted octanol–water partition coefficient (Wildman–Crippen LogP) is 3.65. The third-order valence-electron chi connectivity index (χ3n) is 6.54. The number of sulfone groups is 1. The molecular formula is C23H26FN7O2S. The van der Waals surface area contributed by atoms with E-state index >= 15 is 0 Å². The van der Waals surface area contributed by atoms with Gasteiger partial charge in [0, 0.05) is 49.3 Å². The summed E-state index contributed by atoms with van der Waals surface area (Å²) in [4.78, 5) is 19.4. The molecule has 1 atom stereocenters. The Labute approximate surface area is 197 Å². The summed E-state index contributed by atoms with van der Waals surface area (Å²) in [6.45, 7) is 4.04. The molecule has 1 saturated heterocycles. The van der Waals surface area contributed by atoms with Crippen molar-refractivity contribution in [2.24, 2.45) is 5.41 Å². The molecule has 34 heavy (non-hydrogen) atoms. The van der Waals surface area contributed by atoms with Crippen LogP contribution in [-0.4, -0.2) is 58.8 Å². The number of hydrogen-bond acceptors (Lipinski definition) is 9. The van der Waals surface area contributed by atoms with Gasteiger partial charge in [0.2, 0.25) is 0 Å². The first kappa shape index (κ1) is 22.6. The zero-order valence-electron chi connectivity index (χ0n) is 18.9. The first-order valence-electron chi connectivity index (χ1n) is 11.1. The zero-order valence-corrected chi connectivity index (χ0v) is 19.8. The summed E-state index contributed by atoms with van der Waals surface area (Å²) in [6.07, 6.45) is 6.62. The van der Waals surface area contributed by atoms with Gasteiger partial charge in [-0.1, -0.05) is 6.07 Å². The summed E-state index contributed by atoms with van der Waals surface area (Å²) >= 11 is 0. The van der Waals surface area contributed by atoms with Crippen molar-refractivity contribution in [3.05, 3.63) is 54.6 Å². The maximum atomic E-state index is 13.2. The van der Waals surface area contributed by atoms with Gasteiger partial charge in [0.15, 0.2) is 9.84 Å². The molecule has 9 nitrogen and oxygen atoms in total. The van der Waals surface area contributed by atoms with Crippen molar-refractivity contribution in [2.45, 2.75) is 36.9 Å². The lowest BCUT2D eigenvalue weighted by molar-refractivity contribution is -0.117. The van der Waals surface area contributed by atoms with Gasteiger partial charge in [-0.05, 0) is 43.5 Å². The smallest absolute Gasteiger partial charge is 0.179 e. The summed E-state index contributed by atoms with van der Waals surface area (Å²) in [5.41, 5.74) is 1.31. The number of alkyl halides is 1. The Hall–Kier alpha value is -3.18. The fraction of sp³-hybridized carbons (Fsp3) is 0.391. The van der Waals surface area contributed by atoms with E-state index in [1.165, 1.54) is 18.6 Å². The van der Waals surface area contributed by atoms with Crippen molar-refractivity contribution in [1.29, 1.82) is 0 Å². The normalized spacial score (nSPS) is 18.7. The number of nitrogens with one attached hydrogen (secondary N) is 2. The summed E-state index contributed by atoms with van der Waals surface area (Å²) in [7, 11) is -3.45. The molecule has 1 unspecified atom stereocenters. The van der Waals surface area contributed by atoms with Crippen LogP contribution in [0.5, 0.6) is 0 Å². The molecule has 1 aliphatic carbocycles. The molecule has 5 rings (SSSR count). The van der Waals surface area contributed by atoms with Crippen molar-refractivity contribution >= 4 is 33.1 Å². The van der Waals surface area contributed by atoms with Gasteiger partial charge in [-0.15, -0.1) is 0 Å². The SMILES string of the molecule is CC(c1ccc(Nc2cc(Nc3ncccc3S(C)(=O)=O)ncn2)nc1)N1CC2(CC(F)C2)C1. The third kappa shape index (κ3) is 4.58. The van der Waals surface area contributed by atoms with Gasteiger partial charge in [-0.3, -0.25) is 4.90 Å². The number of pyridine rings is 2. The lowest BCUT2D eigenvalue weighted by atomic mass is 9.62. The van der Waals surface area contributed by atoms with Crippen LogP contribution in [0.4, 0.5) is 27.7 Å². The molecular weight excluding hydrogens is 457 g/mol. The van der Waals surface area contributed by atoms with Gasteiger partial charge in [0.05, 0.1) is 0 Å². The van der Waals surface area contributed by atoms with Crippen molar-refractivity contribution in [3.63, 3.8) is 0 Å². The molecule has 0 amide bonds. The lowest BCUT2D eigenvalue weighted by Gasteiger charge is -2.59. The molecule has 1 saturated carbocycles. The van der Waals surface area contributed by atoms with E-state index in [1.807, 2.05) is 18.3 Å². The molecule has 2 N–H and O–H groups in total. The Morgan fingerprint density at radius 2 is 1.79 bits per heavy atom. The Bertz CT molecular complexity index is 1290. The second kappa shape index (κ2) is 8.55. The number of nitrogens with zero attached hydrogens (tertiary/aromatic N) is 5. The van der Waals surface area contributed by atoms with Crippen molar-refractivity contribution in [3.8, 4) is 0 Å².